The Morgan fingerprint density at radius 3 is 1.07 bits per heavy atom. The van der Waals surface area contributed by atoms with Crippen LogP contribution in [-0.4, -0.2) is 170 Å². The van der Waals surface area contributed by atoms with Crippen LogP contribution in [0.5, 0.6) is 0 Å². The quantitative estimate of drug-likeness (QED) is 0.0411. The van der Waals surface area contributed by atoms with E-state index in [-0.39, 0.29) is 109 Å². The Hall–Kier alpha value is -10.6. The van der Waals surface area contributed by atoms with E-state index in [1.54, 1.807) is 83.0 Å². The van der Waals surface area contributed by atoms with Crippen LogP contribution in [-0.2, 0) is 68.3 Å². The predicted octanol–water partition coefficient (Wildman–Crippen LogP) is 14.2. The van der Waals surface area contributed by atoms with Crippen molar-refractivity contribution in [1.29, 1.82) is 0 Å². The van der Waals surface area contributed by atoms with Crippen LogP contribution in [0.25, 0.3) is 0 Å². The summed E-state index contributed by atoms with van der Waals surface area (Å²) < 4.78 is 129. The Morgan fingerprint density at radius 1 is 0.361 bits per heavy atom. The lowest BCUT2D eigenvalue weighted by Gasteiger charge is -2.42. The predicted molar refractivity (Wildman–Crippen MR) is 462 cm³/mol. The maximum absolute atomic E-state index is 14.1. The number of aryl methyl sites for hydroxylation is 7. The molecule has 0 amide bonds. The molecule has 4 unspecified atom stereocenters. The fourth-order valence-corrected chi connectivity index (χ4v) is 22.3. The number of Topliss-reactive ketones (excluding diaryl/α,β-unsaturated/α-hetero) is 4. The van der Waals surface area contributed by atoms with Crippen molar-refractivity contribution in [3.63, 3.8) is 0 Å². The topological polar surface area (TPSA) is 302 Å². The van der Waals surface area contributed by atoms with Crippen molar-refractivity contribution < 1.29 is 57.2 Å². The Bertz CT molecular complexity index is 6180. The summed E-state index contributed by atoms with van der Waals surface area (Å²) in [5, 5.41) is 1.15. The molecule has 4 aliphatic heterocycles. The van der Waals surface area contributed by atoms with Crippen LogP contribution < -0.4 is 0 Å². The SMILES string of the molecule is Cc1cc(Cl)cc(C(=O)CC(c2ccccc2)C2CN(S(=O)(=O)c3cn(C)cn3)C2)c1.Cc1ccc(C(=O)CC(c2ccccc2)C2CN(S(=O)(=O)c3cn(C)cn3)C2)c(Cl)c1.Cc1ccc(C(=O)CC(c2ccccn2)C2CN(S(=O)(=O)c3cn(C)cn3)C2)cc1.Cn1cnc(S(=O)(=O)N2CC(C(CC(=O)c3ccccc3F)c3ccccc3)C2)c1. The van der Waals surface area contributed by atoms with Crippen molar-refractivity contribution in [1.82, 2.24) is 60.4 Å². The highest BCUT2D eigenvalue weighted by Crippen LogP contribution is 2.43. The van der Waals surface area contributed by atoms with Gasteiger partial charge >= 0.3 is 0 Å². The highest BCUT2D eigenvalue weighted by atomic mass is 35.5. The molecule has 4 atom stereocenters. The van der Waals surface area contributed by atoms with E-state index < -0.39 is 45.9 Å². The van der Waals surface area contributed by atoms with Gasteiger partial charge in [-0.05, 0) is 145 Å². The third-order valence-corrected chi connectivity index (χ3v) is 30.0. The van der Waals surface area contributed by atoms with E-state index in [1.807, 2.05) is 172 Å². The van der Waals surface area contributed by atoms with Gasteiger partial charge in [-0.1, -0.05) is 168 Å². The van der Waals surface area contributed by atoms with Crippen LogP contribution >= 0.6 is 23.2 Å². The number of nitrogens with zero attached hydrogens (tertiary/aromatic N) is 13. The van der Waals surface area contributed by atoms with Crippen molar-refractivity contribution in [3.05, 3.63) is 328 Å². The number of halogens is 3. The normalized spacial score (nSPS) is 16.1. The number of carbonyl (C=O) groups excluding carboxylic acids is 4. The largest absolute Gasteiger partial charge is 0.339 e. The number of sulfonamides is 4. The molecule has 0 bridgehead atoms. The summed E-state index contributed by atoms with van der Waals surface area (Å²) in [5.74, 6) is -1.27. The zero-order valence-electron chi connectivity index (χ0n) is 68.3. The molecular weight excluding hydrogens is 1670 g/mol. The molecule has 0 radical (unpaired) electrons. The second-order valence-corrected chi connectivity index (χ2v) is 40.0. The molecule has 32 heteroatoms. The summed E-state index contributed by atoms with van der Waals surface area (Å²) in [6.07, 6.45) is 14.5. The van der Waals surface area contributed by atoms with Crippen LogP contribution in [0, 0.1) is 50.3 Å². The molecular formula is C90H94Cl2FN13O12S4. The molecule has 0 spiro atoms. The molecule has 4 saturated heterocycles. The number of hydrogen-bond donors (Lipinski definition) is 0. The van der Waals surface area contributed by atoms with Gasteiger partial charge < -0.3 is 18.3 Å². The minimum atomic E-state index is -3.66. The zero-order chi connectivity index (χ0) is 87.0. The Labute approximate surface area is 721 Å². The summed E-state index contributed by atoms with van der Waals surface area (Å²) in [6, 6.07) is 59.0. The molecule has 25 nitrogen and oxygen atoms in total. The van der Waals surface area contributed by atoms with E-state index in [4.69, 9.17) is 23.2 Å². The number of rotatable bonds is 28. The molecule has 7 aromatic carbocycles. The lowest BCUT2D eigenvalue weighted by molar-refractivity contribution is 0.0919. The minimum absolute atomic E-state index is 0.00508. The Kier molecular flexibility index (Phi) is 28.1. The first-order valence-corrected chi connectivity index (χ1v) is 46.2. The highest BCUT2D eigenvalue weighted by molar-refractivity contribution is 7.90. The zero-order valence-corrected chi connectivity index (χ0v) is 73.0. The molecule has 4 fully saturated rings. The van der Waals surface area contributed by atoms with E-state index in [9.17, 15) is 57.2 Å². The van der Waals surface area contributed by atoms with Gasteiger partial charge in [-0.15, -0.1) is 0 Å². The van der Waals surface area contributed by atoms with Crippen LogP contribution in [0.4, 0.5) is 4.39 Å². The van der Waals surface area contributed by atoms with Gasteiger partial charge in [0.05, 0.1) is 35.9 Å². The van der Waals surface area contributed by atoms with Crippen LogP contribution in [0.1, 0.15) is 130 Å². The third-order valence-electron chi connectivity index (χ3n) is 22.6. The molecule has 9 heterocycles. The molecule has 5 aromatic heterocycles. The van der Waals surface area contributed by atoms with E-state index >= 15 is 0 Å². The maximum atomic E-state index is 14.1. The van der Waals surface area contributed by atoms with Gasteiger partial charge in [0.2, 0.25) is 0 Å². The van der Waals surface area contributed by atoms with Crippen LogP contribution in [0.2, 0.25) is 10.0 Å². The average molecular weight is 1770 g/mol. The second-order valence-electron chi connectivity index (χ2n) is 31.6. The molecule has 0 N–H and O–H groups in total. The summed E-state index contributed by atoms with van der Waals surface area (Å²) in [5.41, 5.74) is 8.68. The number of carbonyl (C=O) groups is 4. The molecule has 16 rings (SSSR count). The Morgan fingerprint density at radius 2 is 0.705 bits per heavy atom. The van der Waals surface area contributed by atoms with Gasteiger partial charge in [0.15, 0.2) is 43.2 Å². The molecule has 0 saturated carbocycles. The highest BCUT2D eigenvalue weighted by Gasteiger charge is 2.47. The van der Waals surface area contributed by atoms with Gasteiger partial charge in [0, 0.05) is 171 Å². The van der Waals surface area contributed by atoms with E-state index in [1.165, 1.54) is 79.5 Å². The molecule has 636 valence electrons. The standard InChI is InChI=1S/2C23H24ClN3O3S.C22H22FN3O3S.C22H24N4O3S/c1-16-8-18(10-20(24)9-16)22(28)11-21(17-6-4-3-5-7-17)19-12-27(13-19)31(29,30)23-14-26(2)15-25-23;1-16-8-9-19(21(24)10-16)22(28)11-20(17-6-4-3-5-7-17)18-12-27(13-18)31(29,30)23-14-26(2)15-25-23;1-25-14-22(24-15-25)30(28,29)26-12-17(13-26)19(16-7-3-2-4-8-16)11-21(27)18-9-5-6-10-20(18)23;1-16-6-8-17(9-7-16)21(27)11-19(20-5-3-4-10-23-20)18-12-26(13-18)30(28,29)22-14-25(2)15-24-22/h3-10,14-15,19,21H,11-13H2,1-2H3;3-10,14-15,18,20H,11-13H2,1-2H3;2-10,14-15,17,19H,11-13H2,1H3;3-10,14-15,18-19H,11-13H2,1-2H3. The fourth-order valence-electron chi connectivity index (χ4n) is 15.6. The van der Waals surface area contributed by atoms with E-state index in [2.05, 4.69) is 24.9 Å². The monoisotopic (exact) mass is 1770 g/mol. The molecule has 0 aliphatic carbocycles. The number of aromatic nitrogens is 9. The molecule has 4 aliphatic rings. The summed E-state index contributed by atoms with van der Waals surface area (Å²) in [4.78, 5) is 72.2. The fraction of sp³-hybridized carbons (Fsp3) is 0.300. The van der Waals surface area contributed by atoms with Gasteiger partial charge in [0.1, 0.15) is 5.82 Å². The first kappa shape index (κ1) is 89.1. The summed E-state index contributed by atoms with van der Waals surface area (Å²) in [7, 11) is -7.61. The van der Waals surface area contributed by atoms with Crippen molar-refractivity contribution in [2.24, 2.45) is 51.9 Å². The first-order valence-electron chi connectivity index (χ1n) is 39.7. The summed E-state index contributed by atoms with van der Waals surface area (Å²) in [6.45, 7) is 8.54. The molecule has 122 heavy (non-hydrogen) atoms. The number of pyridine rings is 1. The van der Waals surface area contributed by atoms with Crippen LogP contribution in [0.15, 0.2) is 271 Å². The van der Waals surface area contributed by atoms with Crippen molar-refractivity contribution in [2.75, 3.05) is 52.4 Å². The van der Waals surface area contributed by atoms with Crippen LogP contribution in [0.3, 0.4) is 0 Å². The lowest BCUT2D eigenvalue weighted by Crippen LogP contribution is -2.52. The van der Waals surface area contributed by atoms with E-state index in [0.717, 1.165) is 39.1 Å². The third kappa shape index (κ3) is 21.0. The van der Waals surface area contributed by atoms with Crippen molar-refractivity contribution in [3.8, 4) is 0 Å². The second kappa shape index (κ2) is 38.4. The Balaban J connectivity index is 0.000000140. The van der Waals surface area contributed by atoms with Gasteiger partial charge in [-0.2, -0.15) is 17.2 Å². The lowest BCUT2D eigenvalue weighted by atomic mass is 9.78. The van der Waals surface area contributed by atoms with E-state index in [0.29, 0.717) is 91.9 Å². The number of imidazole rings is 4. The van der Waals surface area contributed by atoms with Gasteiger partial charge in [-0.25, -0.2) is 58.0 Å². The number of benzene rings is 7. The van der Waals surface area contributed by atoms with Crippen molar-refractivity contribution in [2.45, 2.75) is 90.2 Å². The minimum Gasteiger partial charge on any atom is -0.339 e. The van der Waals surface area contributed by atoms with Gasteiger partial charge in [0.25, 0.3) is 40.1 Å². The number of ketones is 4. The molecule has 12 aromatic rings. The number of hydrogen-bond acceptors (Lipinski definition) is 17. The first-order chi connectivity index (χ1) is 58.2. The van der Waals surface area contributed by atoms with Gasteiger partial charge in [-0.3, -0.25) is 24.2 Å². The van der Waals surface area contributed by atoms with Crippen molar-refractivity contribution >= 4 is 86.4 Å². The smallest absolute Gasteiger partial charge is 0.262 e. The average Bonchev–Trinajstić information content (AvgIpc) is 1.16. The maximum Gasteiger partial charge on any atom is 0.262 e. The summed E-state index contributed by atoms with van der Waals surface area (Å²) >= 11 is 12.5.